The highest BCUT2D eigenvalue weighted by Gasteiger charge is 2.00. The molecular weight excluding hydrogens is 222 g/mol. The second-order valence-electron chi connectivity index (χ2n) is 4.03. The minimum Gasteiger partial charge on any atom is -0.289 e. The zero-order chi connectivity index (χ0) is 12.8. The standard InChI is InChI=1S/C16H15NO/c1-2-13-5-8-15(9-6-13)16(18)10-7-14-4-3-11-17-12-14/h3-12H,2H2,1H3/b10-7+. The molecule has 2 aromatic rings. The number of ketones is 1. The molecule has 0 N–H and O–H groups in total. The smallest absolute Gasteiger partial charge is 0.185 e. The number of carbonyl (C=O) groups excluding carboxylic acids is 1. The van der Waals surface area contributed by atoms with Crippen LogP contribution < -0.4 is 0 Å². The molecule has 0 spiro atoms. The van der Waals surface area contributed by atoms with Crippen molar-refractivity contribution in [3.8, 4) is 0 Å². The van der Waals surface area contributed by atoms with Crippen LogP contribution in [0.25, 0.3) is 6.08 Å². The van der Waals surface area contributed by atoms with Gasteiger partial charge in [-0.3, -0.25) is 9.78 Å². The van der Waals surface area contributed by atoms with Gasteiger partial charge in [-0.15, -0.1) is 0 Å². The summed E-state index contributed by atoms with van der Waals surface area (Å²) in [6.45, 7) is 2.10. The topological polar surface area (TPSA) is 30.0 Å². The van der Waals surface area contributed by atoms with Crippen molar-refractivity contribution in [1.82, 2.24) is 4.98 Å². The number of nitrogens with zero attached hydrogens (tertiary/aromatic N) is 1. The van der Waals surface area contributed by atoms with Gasteiger partial charge in [0.25, 0.3) is 0 Å². The van der Waals surface area contributed by atoms with Crippen molar-refractivity contribution in [3.63, 3.8) is 0 Å². The Morgan fingerprint density at radius 2 is 2.00 bits per heavy atom. The second-order valence-corrected chi connectivity index (χ2v) is 4.03. The number of allylic oxidation sites excluding steroid dienone is 1. The van der Waals surface area contributed by atoms with Crippen LogP contribution in [0.3, 0.4) is 0 Å². The van der Waals surface area contributed by atoms with E-state index in [-0.39, 0.29) is 5.78 Å². The van der Waals surface area contributed by atoms with Gasteiger partial charge in [-0.05, 0) is 35.8 Å². The molecule has 0 saturated carbocycles. The maximum Gasteiger partial charge on any atom is 0.185 e. The van der Waals surface area contributed by atoms with E-state index in [0.29, 0.717) is 5.56 Å². The third kappa shape index (κ3) is 3.14. The molecule has 0 bridgehead atoms. The molecule has 2 rings (SSSR count). The summed E-state index contributed by atoms with van der Waals surface area (Å²) in [4.78, 5) is 15.9. The van der Waals surface area contributed by atoms with Crippen molar-refractivity contribution in [2.75, 3.05) is 0 Å². The molecule has 0 atom stereocenters. The number of carbonyl (C=O) groups is 1. The maximum atomic E-state index is 11.9. The monoisotopic (exact) mass is 237 g/mol. The van der Waals surface area contributed by atoms with Gasteiger partial charge in [0, 0.05) is 18.0 Å². The first-order valence-electron chi connectivity index (χ1n) is 6.01. The van der Waals surface area contributed by atoms with Crippen molar-refractivity contribution in [3.05, 3.63) is 71.6 Å². The fraction of sp³-hybridized carbons (Fsp3) is 0.125. The number of aromatic nitrogens is 1. The molecule has 0 amide bonds. The summed E-state index contributed by atoms with van der Waals surface area (Å²) in [7, 11) is 0. The van der Waals surface area contributed by atoms with Crippen LogP contribution in [0.15, 0.2) is 54.9 Å². The molecule has 0 aliphatic carbocycles. The second kappa shape index (κ2) is 5.92. The van der Waals surface area contributed by atoms with E-state index in [2.05, 4.69) is 11.9 Å². The Kier molecular flexibility index (Phi) is 4.02. The lowest BCUT2D eigenvalue weighted by atomic mass is 10.1. The molecule has 1 heterocycles. The van der Waals surface area contributed by atoms with Gasteiger partial charge in [0.05, 0.1) is 0 Å². The Morgan fingerprint density at radius 1 is 1.22 bits per heavy atom. The van der Waals surface area contributed by atoms with E-state index in [9.17, 15) is 4.79 Å². The Bertz CT molecular complexity index is 541. The van der Waals surface area contributed by atoms with E-state index in [1.54, 1.807) is 24.5 Å². The highest BCUT2D eigenvalue weighted by Crippen LogP contribution is 2.08. The van der Waals surface area contributed by atoms with Crippen LogP contribution in [0.1, 0.15) is 28.4 Å². The van der Waals surface area contributed by atoms with Crippen LogP contribution in [0.4, 0.5) is 0 Å². The van der Waals surface area contributed by atoms with Gasteiger partial charge >= 0.3 is 0 Å². The van der Waals surface area contributed by atoms with E-state index < -0.39 is 0 Å². The normalized spacial score (nSPS) is 10.7. The minimum atomic E-state index is 0.0153. The van der Waals surface area contributed by atoms with Gasteiger partial charge < -0.3 is 0 Å². The number of pyridine rings is 1. The molecule has 0 radical (unpaired) electrons. The number of hydrogen-bond acceptors (Lipinski definition) is 2. The lowest BCUT2D eigenvalue weighted by Crippen LogP contribution is -1.94. The summed E-state index contributed by atoms with van der Waals surface area (Å²) in [5.74, 6) is 0.0153. The molecule has 1 aromatic heterocycles. The Hall–Kier alpha value is -2.22. The van der Waals surface area contributed by atoms with E-state index in [0.717, 1.165) is 12.0 Å². The quantitative estimate of drug-likeness (QED) is 0.601. The van der Waals surface area contributed by atoms with Gasteiger partial charge in [-0.25, -0.2) is 0 Å². The highest BCUT2D eigenvalue weighted by atomic mass is 16.1. The molecule has 0 aliphatic heterocycles. The zero-order valence-electron chi connectivity index (χ0n) is 10.3. The Labute approximate surface area is 107 Å². The average molecular weight is 237 g/mol. The number of benzene rings is 1. The number of rotatable bonds is 4. The molecule has 0 aliphatic rings. The summed E-state index contributed by atoms with van der Waals surface area (Å²) in [6, 6.07) is 11.5. The molecular formula is C16H15NO. The third-order valence-electron chi connectivity index (χ3n) is 2.76. The van der Waals surface area contributed by atoms with Gasteiger partial charge in [0.15, 0.2) is 5.78 Å². The van der Waals surface area contributed by atoms with Crippen molar-refractivity contribution < 1.29 is 4.79 Å². The first-order chi connectivity index (χ1) is 8.79. The molecule has 0 unspecified atom stereocenters. The highest BCUT2D eigenvalue weighted by molar-refractivity contribution is 6.06. The predicted octanol–water partition coefficient (Wildman–Crippen LogP) is 3.54. The minimum absolute atomic E-state index is 0.0153. The fourth-order valence-electron chi connectivity index (χ4n) is 1.65. The summed E-state index contributed by atoms with van der Waals surface area (Å²) in [6.07, 6.45) is 7.79. The van der Waals surface area contributed by atoms with Crippen LogP contribution >= 0.6 is 0 Å². The van der Waals surface area contributed by atoms with Crippen molar-refractivity contribution in [2.45, 2.75) is 13.3 Å². The van der Waals surface area contributed by atoms with Crippen molar-refractivity contribution >= 4 is 11.9 Å². The van der Waals surface area contributed by atoms with Crippen molar-refractivity contribution in [1.29, 1.82) is 0 Å². The van der Waals surface area contributed by atoms with E-state index in [4.69, 9.17) is 0 Å². The fourth-order valence-corrected chi connectivity index (χ4v) is 1.65. The Morgan fingerprint density at radius 3 is 2.61 bits per heavy atom. The van der Waals surface area contributed by atoms with Gasteiger partial charge in [-0.1, -0.05) is 37.3 Å². The Balaban J connectivity index is 2.09. The van der Waals surface area contributed by atoms with Crippen LogP contribution in [0, 0.1) is 0 Å². The molecule has 0 saturated heterocycles. The largest absolute Gasteiger partial charge is 0.289 e. The van der Waals surface area contributed by atoms with Crippen LogP contribution in [0.2, 0.25) is 0 Å². The molecule has 90 valence electrons. The summed E-state index contributed by atoms with van der Waals surface area (Å²) in [5.41, 5.74) is 2.88. The number of aryl methyl sites for hydroxylation is 1. The lowest BCUT2D eigenvalue weighted by molar-refractivity contribution is 0.104. The average Bonchev–Trinajstić information content (AvgIpc) is 2.46. The number of hydrogen-bond donors (Lipinski definition) is 0. The zero-order valence-corrected chi connectivity index (χ0v) is 10.3. The molecule has 2 nitrogen and oxygen atoms in total. The summed E-state index contributed by atoms with van der Waals surface area (Å²) < 4.78 is 0. The third-order valence-corrected chi connectivity index (χ3v) is 2.76. The van der Waals surface area contributed by atoms with E-state index in [1.165, 1.54) is 5.56 Å². The van der Waals surface area contributed by atoms with Crippen LogP contribution in [0.5, 0.6) is 0 Å². The van der Waals surface area contributed by atoms with Gasteiger partial charge in [-0.2, -0.15) is 0 Å². The van der Waals surface area contributed by atoms with Gasteiger partial charge in [0.1, 0.15) is 0 Å². The first-order valence-corrected chi connectivity index (χ1v) is 6.01. The van der Waals surface area contributed by atoms with Crippen LogP contribution in [-0.2, 0) is 6.42 Å². The molecule has 0 fully saturated rings. The molecule has 2 heteroatoms. The molecule has 1 aromatic carbocycles. The predicted molar refractivity (Wildman–Crippen MR) is 73.4 cm³/mol. The first kappa shape index (κ1) is 12.2. The van der Waals surface area contributed by atoms with E-state index in [1.807, 2.05) is 36.4 Å². The summed E-state index contributed by atoms with van der Waals surface area (Å²) >= 11 is 0. The lowest BCUT2D eigenvalue weighted by Gasteiger charge is -1.98. The van der Waals surface area contributed by atoms with E-state index >= 15 is 0 Å². The SMILES string of the molecule is CCc1ccc(C(=O)/C=C/c2cccnc2)cc1. The van der Waals surface area contributed by atoms with Crippen LogP contribution in [-0.4, -0.2) is 10.8 Å². The van der Waals surface area contributed by atoms with Gasteiger partial charge in [0.2, 0.25) is 0 Å². The summed E-state index contributed by atoms with van der Waals surface area (Å²) in [5, 5.41) is 0. The van der Waals surface area contributed by atoms with Crippen molar-refractivity contribution in [2.24, 2.45) is 0 Å². The molecule has 18 heavy (non-hydrogen) atoms. The maximum absolute atomic E-state index is 11.9.